The summed E-state index contributed by atoms with van der Waals surface area (Å²) in [6.07, 6.45) is 13.3. The van der Waals surface area contributed by atoms with E-state index < -0.39 is 0 Å². The van der Waals surface area contributed by atoms with Crippen molar-refractivity contribution in [2.45, 2.75) is 82.7 Å². The lowest BCUT2D eigenvalue weighted by Gasteiger charge is -2.29. The Labute approximate surface area is 126 Å². The molecule has 110 valence electrons. The van der Waals surface area contributed by atoms with E-state index in [0.29, 0.717) is 0 Å². The number of nitrogens with zero attached hydrogens (tertiary/aromatic N) is 1. The molecule has 3 aliphatic carbocycles. The van der Waals surface area contributed by atoms with E-state index in [1.165, 1.54) is 74.9 Å². The molecule has 2 atom stereocenters. The molecule has 0 spiro atoms. The van der Waals surface area contributed by atoms with Crippen LogP contribution in [0.4, 0.5) is 0 Å². The van der Waals surface area contributed by atoms with Gasteiger partial charge < -0.3 is 5.32 Å². The second-order valence-corrected chi connectivity index (χ2v) is 8.20. The minimum absolute atomic E-state index is 0.240. The van der Waals surface area contributed by atoms with Crippen molar-refractivity contribution in [2.24, 2.45) is 5.92 Å². The van der Waals surface area contributed by atoms with Crippen LogP contribution in [0.3, 0.4) is 0 Å². The molecule has 0 aliphatic heterocycles. The van der Waals surface area contributed by atoms with Crippen molar-refractivity contribution in [1.29, 1.82) is 0 Å². The predicted molar refractivity (Wildman–Crippen MR) is 84.2 cm³/mol. The van der Waals surface area contributed by atoms with Crippen molar-refractivity contribution in [1.82, 2.24) is 10.3 Å². The minimum Gasteiger partial charge on any atom is -0.303 e. The molecule has 1 aromatic rings. The fourth-order valence-electron chi connectivity index (χ4n) is 4.06. The fourth-order valence-corrected chi connectivity index (χ4v) is 5.40. The van der Waals surface area contributed by atoms with E-state index >= 15 is 0 Å². The fraction of sp³-hybridized carbons (Fsp3) is 0.824. The van der Waals surface area contributed by atoms with Crippen LogP contribution >= 0.6 is 11.3 Å². The molecule has 2 unspecified atom stereocenters. The largest absolute Gasteiger partial charge is 0.303 e. The van der Waals surface area contributed by atoms with Gasteiger partial charge in [-0.25, -0.2) is 4.98 Å². The van der Waals surface area contributed by atoms with Gasteiger partial charge in [0, 0.05) is 10.9 Å². The first-order chi connectivity index (χ1) is 9.79. The molecule has 2 nitrogen and oxygen atoms in total. The van der Waals surface area contributed by atoms with Crippen LogP contribution in [0.15, 0.2) is 0 Å². The Morgan fingerprint density at radius 2 is 2.10 bits per heavy atom. The van der Waals surface area contributed by atoms with E-state index in [1.807, 2.05) is 11.3 Å². The highest BCUT2D eigenvalue weighted by atomic mass is 32.1. The Hall–Kier alpha value is -0.410. The van der Waals surface area contributed by atoms with E-state index in [-0.39, 0.29) is 5.54 Å². The van der Waals surface area contributed by atoms with Gasteiger partial charge in [-0.2, -0.15) is 0 Å². The normalized spacial score (nSPS) is 33.4. The SMILES string of the molecule is CCC1CCC(NC2CC2)(c2nc3c(s2)CCCC3)C1. The zero-order valence-electron chi connectivity index (χ0n) is 12.6. The van der Waals surface area contributed by atoms with Crippen LogP contribution < -0.4 is 5.32 Å². The zero-order valence-corrected chi connectivity index (χ0v) is 13.4. The Balaban J connectivity index is 1.65. The Morgan fingerprint density at radius 1 is 1.25 bits per heavy atom. The number of aryl methyl sites for hydroxylation is 2. The van der Waals surface area contributed by atoms with Gasteiger partial charge in [-0.15, -0.1) is 11.3 Å². The second kappa shape index (κ2) is 5.10. The van der Waals surface area contributed by atoms with Crippen molar-refractivity contribution in [3.63, 3.8) is 0 Å². The molecule has 20 heavy (non-hydrogen) atoms. The van der Waals surface area contributed by atoms with E-state index in [1.54, 1.807) is 4.88 Å². The molecule has 2 fully saturated rings. The second-order valence-electron chi connectivity index (χ2n) is 7.11. The molecule has 2 saturated carbocycles. The quantitative estimate of drug-likeness (QED) is 0.900. The summed E-state index contributed by atoms with van der Waals surface area (Å²) >= 11 is 2.04. The molecule has 0 aromatic carbocycles. The lowest BCUT2D eigenvalue weighted by atomic mass is 9.95. The summed E-state index contributed by atoms with van der Waals surface area (Å²) in [6.45, 7) is 2.35. The van der Waals surface area contributed by atoms with Gasteiger partial charge in [0.25, 0.3) is 0 Å². The first-order valence-corrected chi connectivity index (χ1v) is 9.37. The minimum atomic E-state index is 0.240. The summed E-state index contributed by atoms with van der Waals surface area (Å²) in [4.78, 5) is 6.71. The summed E-state index contributed by atoms with van der Waals surface area (Å²) in [5.41, 5.74) is 1.68. The number of nitrogens with one attached hydrogen (secondary N) is 1. The summed E-state index contributed by atoms with van der Waals surface area (Å²) < 4.78 is 0. The van der Waals surface area contributed by atoms with Crippen LogP contribution in [-0.4, -0.2) is 11.0 Å². The zero-order chi connectivity index (χ0) is 13.6. The van der Waals surface area contributed by atoms with Crippen molar-refractivity contribution in [3.8, 4) is 0 Å². The number of hydrogen-bond acceptors (Lipinski definition) is 3. The summed E-state index contributed by atoms with van der Waals surface area (Å²) in [5, 5.41) is 5.44. The Morgan fingerprint density at radius 3 is 2.80 bits per heavy atom. The molecule has 0 amide bonds. The first kappa shape index (κ1) is 13.3. The standard InChI is InChI=1S/C17H26N2S/c1-2-12-9-10-17(11-12,19-13-7-8-13)16-18-14-5-3-4-6-15(14)20-16/h12-13,19H,2-11H2,1H3. The third kappa shape index (κ3) is 2.33. The monoisotopic (exact) mass is 290 g/mol. The molecule has 1 aromatic heterocycles. The summed E-state index contributed by atoms with van der Waals surface area (Å²) in [5.74, 6) is 0.905. The van der Waals surface area contributed by atoms with Gasteiger partial charge in [-0.05, 0) is 63.7 Å². The molecular formula is C17H26N2S. The summed E-state index contributed by atoms with van der Waals surface area (Å²) in [6, 6.07) is 0.784. The molecule has 3 heteroatoms. The Kier molecular flexibility index (Phi) is 3.38. The van der Waals surface area contributed by atoms with Crippen LogP contribution in [0.5, 0.6) is 0 Å². The number of rotatable bonds is 4. The molecule has 3 aliphatic rings. The molecule has 0 bridgehead atoms. The van der Waals surface area contributed by atoms with Crippen LogP contribution in [0, 0.1) is 5.92 Å². The molecular weight excluding hydrogens is 264 g/mol. The van der Waals surface area contributed by atoms with Crippen molar-refractivity contribution in [2.75, 3.05) is 0 Å². The van der Waals surface area contributed by atoms with Gasteiger partial charge in [0.15, 0.2) is 0 Å². The maximum Gasteiger partial charge on any atom is 0.113 e. The van der Waals surface area contributed by atoms with E-state index in [9.17, 15) is 0 Å². The highest BCUT2D eigenvalue weighted by Gasteiger charge is 2.45. The topological polar surface area (TPSA) is 24.9 Å². The van der Waals surface area contributed by atoms with Crippen LogP contribution in [0.1, 0.15) is 73.9 Å². The highest BCUT2D eigenvalue weighted by molar-refractivity contribution is 7.11. The van der Waals surface area contributed by atoms with Crippen LogP contribution in [0.2, 0.25) is 0 Å². The van der Waals surface area contributed by atoms with Gasteiger partial charge in [0.1, 0.15) is 5.01 Å². The molecule has 1 N–H and O–H groups in total. The lowest BCUT2D eigenvalue weighted by Crippen LogP contribution is -2.41. The number of thiazole rings is 1. The van der Waals surface area contributed by atoms with Crippen LogP contribution in [-0.2, 0) is 18.4 Å². The maximum absolute atomic E-state index is 5.11. The lowest BCUT2D eigenvalue weighted by molar-refractivity contribution is 0.320. The van der Waals surface area contributed by atoms with Crippen molar-refractivity contribution >= 4 is 11.3 Å². The molecule has 1 heterocycles. The van der Waals surface area contributed by atoms with E-state index in [2.05, 4.69) is 12.2 Å². The number of hydrogen-bond donors (Lipinski definition) is 1. The average Bonchev–Trinajstić information content (AvgIpc) is 3.03. The smallest absolute Gasteiger partial charge is 0.113 e. The van der Waals surface area contributed by atoms with Gasteiger partial charge in [0.2, 0.25) is 0 Å². The van der Waals surface area contributed by atoms with Crippen molar-refractivity contribution in [3.05, 3.63) is 15.6 Å². The molecule has 0 radical (unpaired) electrons. The van der Waals surface area contributed by atoms with Gasteiger partial charge in [0.05, 0.1) is 11.2 Å². The van der Waals surface area contributed by atoms with Gasteiger partial charge in [-0.1, -0.05) is 13.3 Å². The van der Waals surface area contributed by atoms with Gasteiger partial charge >= 0.3 is 0 Å². The Bertz CT molecular complexity index is 468. The van der Waals surface area contributed by atoms with E-state index in [4.69, 9.17) is 4.98 Å². The van der Waals surface area contributed by atoms with Crippen molar-refractivity contribution < 1.29 is 0 Å². The predicted octanol–water partition coefficient (Wildman–Crippen LogP) is 4.18. The maximum atomic E-state index is 5.11. The average molecular weight is 290 g/mol. The first-order valence-electron chi connectivity index (χ1n) is 8.56. The third-order valence-corrected chi connectivity index (χ3v) is 6.87. The van der Waals surface area contributed by atoms with Crippen LogP contribution in [0.25, 0.3) is 0 Å². The van der Waals surface area contributed by atoms with E-state index in [0.717, 1.165) is 12.0 Å². The number of fused-ring (bicyclic) bond motifs is 1. The number of aromatic nitrogens is 1. The molecule has 0 saturated heterocycles. The summed E-state index contributed by atoms with van der Waals surface area (Å²) in [7, 11) is 0. The third-order valence-electron chi connectivity index (χ3n) is 5.51. The molecule has 4 rings (SSSR count). The van der Waals surface area contributed by atoms with Gasteiger partial charge in [-0.3, -0.25) is 0 Å². The highest BCUT2D eigenvalue weighted by Crippen LogP contribution is 2.47.